The molecule has 2 N–H and O–H groups in total. The Bertz CT molecular complexity index is 526. The number of likely N-dealkylation sites (tertiary alicyclic amines) is 1. The minimum absolute atomic E-state index is 0.000943. The number of aliphatic hydroxyl groups is 1. The van der Waals surface area contributed by atoms with Crippen molar-refractivity contribution in [3.05, 3.63) is 48.0 Å². The van der Waals surface area contributed by atoms with Gasteiger partial charge >= 0.3 is 5.97 Å². The third kappa shape index (κ3) is 2.58. The van der Waals surface area contributed by atoms with Gasteiger partial charge in [0.25, 0.3) is 0 Å². The van der Waals surface area contributed by atoms with Crippen molar-refractivity contribution in [2.24, 2.45) is 5.92 Å². The largest absolute Gasteiger partial charge is 0.478 e. The SMILES string of the molecule is C=C(C(=O)O)C1C(CCO)C(=O)N1Cc1ccccc1. The lowest BCUT2D eigenvalue weighted by atomic mass is 9.80. The van der Waals surface area contributed by atoms with E-state index in [2.05, 4.69) is 6.58 Å². The Labute approximate surface area is 117 Å². The molecular formula is C15H17NO4. The zero-order valence-electron chi connectivity index (χ0n) is 11.0. The molecule has 5 heteroatoms. The molecule has 0 aromatic heterocycles. The quantitative estimate of drug-likeness (QED) is 0.600. The van der Waals surface area contributed by atoms with Crippen LogP contribution < -0.4 is 0 Å². The second kappa shape index (κ2) is 5.88. The van der Waals surface area contributed by atoms with E-state index in [1.807, 2.05) is 30.3 Å². The lowest BCUT2D eigenvalue weighted by molar-refractivity contribution is -0.157. The second-order valence-corrected chi connectivity index (χ2v) is 4.85. The van der Waals surface area contributed by atoms with Crippen molar-refractivity contribution in [2.75, 3.05) is 6.61 Å². The second-order valence-electron chi connectivity index (χ2n) is 4.85. The van der Waals surface area contributed by atoms with Crippen molar-refractivity contribution in [1.29, 1.82) is 0 Å². The molecule has 2 unspecified atom stereocenters. The van der Waals surface area contributed by atoms with Gasteiger partial charge in [-0.2, -0.15) is 0 Å². The molecule has 1 aliphatic rings. The third-order valence-corrected chi connectivity index (χ3v) is 3.58. The summed E-state index contributed by atoms with van der Waals surface area (Å²) in [6, 6.07) is 8.84. The number of amides is 1. The number of nitrogens with zero attached hydrogens (tertiary/aromatic N) is 1. The number of aliphatic hydroxyl groups excluding tert-OH is 1. The Morgan fingerprint density at radius 1 is 1.30 bits per heavy atom. The van der Waals surface area contributed by atoms with Crippen LogP contribution in [0.4, 0.5) is 0 Å². The highest BCUT2D eigenvalue weighted by molar-refractivity contribution is 5.95. The van der Waals surface area contributed by atoms with Crippen LogP contribution in [0, 0.1) is 5.92 Å². The Hall–Kier alpha value is -2.14. The molecular weight excluding hydrogens is 258 g/mol. The zero-order chi connectivity index (χ0) is 14.7. The lowest BCUT2D eigenvalue weighted by Gasteiger charge is -2.47. The first kappa shape index (κ1) is 14.3. The van der Waals surface area contributed by atoms with Gasteiger partial charge in [-0.05, 0) is 12.0 Å². The number of rotatable bonds is 6. The summed E-state index contributed by atoms with van der Waals surface area (Å²) in [5, 5.41) is 18.1. The smallest absolute Gasteiger partial charge is 0.333 e. The molecule has 1 saturated heterocycles. The number of carboxylic acids is 1. The third-order valence-electron chi connectivity index (χ3n) is 3.58. The van der Waals surface area contributed by atoms with Crippen LogP contribution in [0.2, 0.25) is 0 Å². The lowest BCUT2D eigenvalue weighted by Crippen LogP contribution is -2.61. The van der Waals surface area contributed by atoms with Gasteiger partial charge in [0.05, 0.1) is 17.5 Å². The van der Waals surface area contributed by atoms with Crippen LogP contribution in [0.3, 0.4) is 0 Å². The number of carbonyl (C=O) groups is 2. The molecule has 1 amide bonds. The van der Waals surface area contributed by atoms with E-state index in [-0.39, 0.29) is 24.5 Å². The minimum Gasteiger partial charge on any atom is -0.478 e. The maximum absolute atomic E-state index is 12.1. The van der Waals surface area contributed by atoms with Crippen molar-refractivity contribution in [3.63, 3.8) is 0 Å². The number of β-lactam (4-membered cyclic amide) rings is 1. The number of benzene rings is 1. The summed E-state index contributed by atoms with van der Waals surface area (Å²) in [6.07, 6.45) is 0.265. The average Bonchev–Trinajstić information content (AvgIpc) is 2.46. The molecule has 1 fully saturated rings. The molecule has 0 aliphatic carbocycles. The normalized spacial score (nSPS) is 21.4. The van der Waals surface area contributed by atoms with Crippen LogP contribution in [0.1, 0.15) is 12.0 Å². The van der Waals surface area contributed by atoms with Gasteiger partial charge in [-0.3, -0.25) is 4.79 Å². The van der Waals surface area contributed by atoms with Gasteiger partial charge in [-0.1, -0.05) is 36.9 Å². The molecule has 1 aliphatic heterocycles. The topological polar surface area (TPSA) is 77.8 Å². The van der Waals surface area contributed by atoms with Crippen LogP contribution in [0.5, 0.6) is 0 Å². The van der Waals surface area contributed by atoms with Gasteiger partial charge in [-0.25, -0.2) is 4.79 Å². The number of carbonyl (C=O) groups excluding carboxylic acids is 1. The van der Waals surface area contributed by atoms with E-state index in [0.717, 1.165) is 5.56 Å². The molecule has 20 heavy (non-hydrogen) atoms. The fraction of sp³-hybridized carbons (Fsp3) is 0.333. The summed E-state index contributed by atoms with van der Waals surface area (Å²) in [5.74, 6) is -1.72. The van der Waals surface area contributed by atoms with Crippen LogP contribution in [0.25, 0.3) is 0 Å². The monoisotopic (exact) mass is 275 g/mol. The molecule has 0 bridgehead atoms. The first-order valence-corrected chi connectivity index (χ1v) is 6.43. The first-order valence-electron chi connectivity index (χ1n) is 6.43. The summed E-state index contributed by atoms with van der Waals surface area (Å²) in [7, 11) is 0. The van der Waals surface area contributed by atoms with Crippen LogP contribution in [-0.2, 0) is 16.1 Å². The Kier molecular flexibility index (Phi) is 4.20. The van der Waals surface area contributed by atoms with Gasteiger partial charge in [0.1, 0.15) is 0 Å². The highest BCUT2D eigenvalue weighted by atomic mass is 16.4. The van der Waals surface area contributed by atoms with Crippen LogP contribution in [0.15, 0.2) is 42.5 Å². The summed E-state index contributed by atoms with van der Waals surface area (Å²) in [4.78, 5) is 24.7. The van der Waals surface area contributed by atoms with Crippen LogP contribution in [-0.4, -0.2) is 39.6 Å². The van der Waals surface area contributed by atoms with Gasteiger partial charge in [0.15, 0.2) is 0 Å². The summed E-state index contributed by atoms with van der Waals surface area (Å²) in [5.41, 5.74) is 0.936. The predicted molar refractivity (Wildman–Crippen MR) is 72.7 cm³/mol. The Morgan fingerprint density at radius 2 is 1.95 bits per heavy atom. The van der Waals surface area contributed by atoms with E-state index in [4.69, 9.17) is 10.2 Å². The summed E-state index contributed by atoms with van der Waals surface area (Å²) >= 11 is 0. The molecule has 0 saturated carbocycles. The number of aliphatic carboxylic acids is 1. The standard InChI is InChI=1S/C15H17NO4/c1-10(15(19)20)13-12(7-8-17)14(18)16(13)9-11-5-3-2-4-6-11/h2-6,12-13,17H,1,7-9H2,(H,19,20). The Morgan fingerprint density at radius 3 is 2.50 bits per heavy atom. The van der Waals surface area contributed by atoms with Crippen molar-refractivity contribution in [3.8, 4) is 0 Å². The average molecular weight is 275 g/mol. The number of hydrogen-bond donors (Lipinski definition) is 2. The number of hydrogen-bond acceptors (Lipinski definition) is 3. The molecule has 2 rings (SSSR count). The zero-order valence-corrected chi connectivity index (χ0v) is 11.0. The Balaban J connectivity index is 2.16. The van der Waals surface area contributed by atoms with Crippen molar-refractivity contribution in [1.82, 2.24) is 4.90 Å². The maximum atomic E-state index is 12.1. The molecule has 2 atom stereocenters. The molecule has 0 spiro atoms. The van der Waals surface area contributed by atoms with Crippen molar-refractivity contribution in [2.45, 2.75) is 19.0 Å². The maximum Gasteiger partial charge on any atom is 0.333 e. The summed E-state index contributed by atoms with van der Waals surface area (Å²) < 4.78 is 0. The molecule has 0 radical (unpaired) electrons. The summed E-state index contributed by atoms with van der Waals surface area (Å²) in [6.45, 7) is 3.78. The number of carboxylic acid groups (broad SMARTS) is 1. The minimum atomic E-state index is -1.11. The molecule has 1 heterocycles. The van der Waals surface area contributed by atoms with E-state index >= 15 is 0 Å². The van der Waals surface area contributed by atoms with E-state index < -0.39 is 17.9 Å². The molecule has 1 aromatic rings. The van der Waals surface area contributed by atoms with E-state index in [1.165, 1.54) is 4.90 Å². The molecule has 1 aromatic carbocycles. The fourth-order valence-corrected chi connectivity index (χ4v) is 2.55. The molecule has 5 nitrogen and oxygen atoms in total. The predicted octanol–water partition coefficient (Wildman–Crippen LogP) is 1.04. The van der Waals surface area contributed by atoms with Gasteiger partial charge in [0, 0.05) is 13.2 Å². The van der Waals surface area contributed by atoms with Gasteiger partial charge in [-0.15, -0.1) is 0 Å². The van der Waals surface area contributed by atoms with Crippen LogP contribution >= 0.6 is 0 Å². The van der Waals surface area contributed by atoms with E-state index in [9.17, 15) is 9.59 Å². The van der Waals surface area contributed by atoms with Crippen molar-refractivity contribution >= 4 is 11.9 Å². The van der Waals surface area contributed by atoms with Gasteiger partial charge < -0.3 is 15.1 Å². The van der Waals surface area contributed by atoms with E-state index in [1.54, 1.807) is 0 Å². The first-order chi connectivity index (χ1) is 9.56. The molecule has 106 valence electrons. The fourth-order valence-electron chi connectivity index (χ4n) is 2.55. The van der Waals surface area contributed by atoms with E-state index in [0.29, 0.717) is 6.54 Å². The highest BCUT2D eigenvalue weighted by Crippen LogP contribution is 2.35. The van der Waals surface area contributed by atoms with Gasteiger partial charge in [0.2, 0.25) is 5.91 Å². The highest BCUT2D eigenvalue weighted by Gasteiger charge is 2.49. The van der Waals surface area contributed by atoms with Crippen molar-refractivity contribution < 1.29 is 19.8 Å².